The fraction of sp³-hybridized carbons (Fsp3) is 0.875. The van der Waals surface area contributed by atoms with Crippen LogP contribution in [0.5, 0.6) is 0 Å². The van der Waals surface area contributed by atoms with Gasteiger partial charge in [-0.3, -0.25) is 0 Å². The first kappa shape index (κ1) is 9.63. The van der Waals surface area contributed by atoms with Crippen molar-refractivity contribution in [3.05, 3.63) is 0 Å². The Kier molecular flexibility index (Phi) is 3.58. The maximum atomic E-state index is 7.05. The molecule has 1 unspecified atom stereocenters. The average Bonchev–Trinajstić information content (AvgIpc) is 1.81. The molecule has 0 spiro atoms. The molecule has 60 valence electrons. The van der Waals surface area contributed by atoms with Gasteiger partial charge in [0.2, 0.25) is 0 Å². The van der Waals surface area contributed by atoms with Crippen molar-refractivity contribution in [3.63, 3.8) is 0 Å². The van der Waals surface area contributed by atoms with E-state index in [1.54, 1.807) is 0 Å². The quantitative estimate of drug-likeness (QED) is 0.579. The Bertz CT molecular complexity index is 102. The second-order valence-electron chi connectivity index (χ2n) is 3.58. The number of rotatable bonds is 3. The molecular formula is C8H18N2. The van der Waals surface area contributed by atoms with Gasteiger partial charge in [0.25, 0.3) is 0 Å². The van der Waals surface area contributed by atoms with Crippen LogP contribution < -0.4 is 5.32 Å². The molecule has 0 rings (SSSR count). The summed E-state index contributed by atoms with van der Waals surface area (Å²) in [5, 5.41) is 10.4. The lowest BCUT2D eigenvalue weighted by Gasteiger charge is -2.24. The lowest BCUT2D eigenvalue weighted by molar-refractivity contribution is 0.399. The third kappa shape index (κ3) is 4.50. The van der Waals surface area contributed by atoms with E-state index in [9.17, 15) is 0 Å². The van der Waals surface area contributed by atoms with E-state index >= 15 is 0 Å². The van der Waals surface area contributed by atoms with Crippen LogP contribution in [0.15, 0.2) is 0 Å². The Balaban J connectivity index is 3.74. The highest BCUT2D eigenvalue weighted by Gasteiger charge is 2.12. The van der Waals surface area contributed by atoms with Crippen molar-refractivity contribution < 1.29 is 0 Å². The molecule has 0 aromatic carbocycles. The summed E-state index contributed by atoms with van der Waals surface area (Å²) in [6, 6.07) is 0.236. The summed E-state index contributed by atoms with van der Waals surface area (Å²) in [6.45, 7) is 8.41. The van der Waals surface area contributed by atoms with Crippen LogP contribution in [0.2, 0.25) is 0 Å². The molecule has 0 saturated carbocycles. The normalized spacial score (nSPS) is 14.8. The summed E-state index contributed by atoms with van der Waals surface area (Å²) in [4.78, 5) is 0. The topological polar surface area (TPSA) is 35.9 Å². The zero-order chi connectivity index (χ0) is 8.20. The summed E-state index contributed by atoms with van der Waals surface area (Å²) in [5.41, 5.74) is 0.123. The molecule has 10 heavy (non-hydrogen) atoms. The molecule has 0 radical (unpaired) electrons. The van der Waals surface area contributed by atoms with Gasteiger partial charge in [0.15, 0.2) is 0 Å². The van der Waals surface area contributed by atoms with Crippen molar-refractivity contribution in [2.75, 3.05) is 0 Å². The van der Waals surface area contributed by atoms with Crippen molar-refractivity contribution in [2.45, 2.75) is 45.7 Å². The number of hydrogen-bond donors (Lipinski definition) is 2. The van der Waals surface area contributed by atoms with Gasteiger partial charge in [-0.05, 0) is 27.2 Å². The molecule has 0 amide bonds. The maximum absolute atomic E-state index is 7.05. The third-order valence-corrected chi connectivity index (χ3v) is 1.26. The van der Waals surface area contributed by atoms with Gasteiger partial charge in [-0.25, -0.2) is 0 Å². The highest BCUT2D eigenvalue weighted by Crippen LogP contribution is 2.01. The van der Waals surface area contributed by atoms with Gasteiger partial charge in [0.05, 0.1) is 0 Å². The van der Waals surface area contributed by atoms with E-state index < -0.39 is 0 Å². The lowest BCUT2D eigenvalue weighted by atomic mass is 10.1. The van der Waals surface area contributed by atoms with Crippen molar-refractivity contribution in [2.24, 2.45) is 0 Å². The highest BCUT2D eigenvalue weighted by atomic mass is 15.0. The molecule has 0 aromatic rings. The molecule has 2 heteroatoms. The predicted molar refractivity (Wildman–Crippen MR) is 45.8 cm³/mol. The van der Waals surface area contributed by atoms with Gasteiger partial charge in [0.1, 0.15) is 0 Å². The van der Waals surface area contributed by atoms with Crippen LogP contribution in [-0.4, -0.2) is 17.8 Å². The van der Waals surface area contributed by atoms with E-state index in [1.807, 2.05) is 0 Å². The Morgan fingerprint density at radius 2 is 2.00 bits per heavy atom. The van der Waals surface area contributed by atoms with Crippen molar-refractivity contribution in [3.8, 4) is 0 Å². The maximum Gasteiger partial charge on any atom is 0.0418 e. The zero-order valence-electron chi connectivity index (χ0n) is 7.36. The minimum Gasteiger partial charge on any atom is -0.311 e. The monoisotopic (exact) mass is 142 g/mol. The largest absolute Gasteiger partial charge is 0.311 e. The first-order valence-corrected chi connectivity index (χ1v) is 3.78. The van der Waals surface area contributed by atoms with E-state index in [1.165, 1.54) is 6.21 Å². The summed E-state index contributed by atoms with van der Waals surface area (Å²) in [7, 11) is 0. The minimum atomic E-state index is 0.123. The third-order valence-electron chi connectivity index (χ3n) is 1.26. The molecule has 0 aliphatic heterocycles. The van der Waals surface area contributed by atoms with Crippen LogP contribution in [0, 0.1) is 5.41 Å². The first-order valence-electron chi connectivity index (χ1n) is 3.78. The van der Waals surface area contributed by atoms with Crippen LogP contribution in [0.3, 0.4) is 0 Å². The van der Waals surface area contributed by atoms with Crippen LogP contribution in [0.25, 0.3) is 0 Å². The Hall–Kier alpha value is -0.370. The second kappa shape index (κ2) is 3.71. The summed E-state index contributed by atoms with van der Waals surface area (Å²) in [6.07, 6.45) is 2.45. The van der Waals surface area contributed by atoms with Crippen LogP contribution in [-0.2, 0) is 0 Å². The molecule has 0 fully saturated rings. The molecule has 2 nitrogen and oxygen atoms in total. The smallest absolute Gasteiger partial charge is 0.0418 e. The molecular weight excluding hydrogens is 124 g/mol. The SMILES string of the molecule is CCC(C=N)NC(C)(C)C. The summed E-state index contributed by atoms with van der Waals surface area (Å²) < 4.78 is 0. The Morgan fingerprint density at radius 3 is 2.10 bits per heavy atom. The van der Waals surface area contributed by atoms with Gasteiger partial charge in [-0.2, -0.15) is 0 Å². The summed E-state index contributed by atoms with van der Waals surface area (Å²) in [5.74, 6) is 0. The van der Waals surface area contributed by atoms with Crippen molar-refractivity contribution in [1.29, 1.82) is 5.41 Å². The molecule has 0 saturated heterocycles. The molecule has 0 bridgehead atoms. The molecule has 0 aliphatic rings. The van der Waals surface area contributed by atoms with Crippen LogP contribution >= 0.6 is 0 Å². The predicted octanol–water partition coefficient (Wildman–Crippen LogP) is 1.80. The van der Waals surface area contributed by atoms with Crippen molar-refractivity contribution in [1.82, 2.24) is 5.32 Å². The van der Waals surface area contributed by atoms with E-state index in [0.29, 0.717) is 0 Å². The minimum absolute atomic E-state index is 0.123. The number of nitrogens with one attached hydrogen (secondary N) is 2. The zero-order valence-corrected chi connectivity index (χ0v) is 7.36. The van der Waals surface area contributed by atoms with Gasteiger partial charge in [0, 0.05) is 17.8 Å². The van der Waals surface area contributed by atoms with Gasteiger partial charge in [-0.1, -0.05) is 6.92 Å². The standard InChI is InChI=1S/C8H18N2/c1-5-7(6-9)10-8(2,3)4/h6-7,9-10H,5H2,1-4H3. The lowest BCUT2D eigenvalue weighted by Crippen LogP contribution is -2.43. The first-order chi connectivity index (χ1) is 4.49. The molecule has 2 N–H and O–H groups in total. The van der Waals surface area contributed by atoms with Crippen LogP contribution in [0.4, 0.5) is 0 Å². The molecule has 0 aliphatic carbocycles. The van der Waals surface area contributed by atoms with E-state index in [4.69, 9.17) is 5.41 Å². The molecule has 0 aromatic heterocycles. The Labute approximate surface area is 63.5 Å². The summed E-state index contributed by atoms with van der Waals surface area (Å²) >= 11 is 0. The van der Waals surface area contributed by atoms with Gasteiger partial charge in [-0.15, -0.1) is 0 Å². The Morgan fingerprint density at radius 1 is 1.50 bits per heavy atom. The van der Waals surface area contributed by atoms with E-state index in [2.05, 4.69) is 33.0 Å². The highest BCUT2D eigenvalue weighted by molar-refractivity contribution is 5.60. The van der Waals surface area contributed by atoms with Crippen molar-refractivity contribution >= 4 is 6.21 Å². The number of hydrogen-bond acceptors (Lipinski definition) is 2. The fourth-order valence-electron chi connectivity index (χ4n) is 0.818. The average molecular weight is 142 g/mol. The van der Waals surface area contributed by atoms with Gasteiger partial charge >= 0.3 is 0 Å². The second-order valence-corrected chi connectivity index (χ2v) is 3.58. The molecule has 1 atom stereocenters. The van der Waals surface area contributed by atoms with Crippen LogP contribution in [0.1, 0.15) is 34.1 Å². The van der Waals surface area contributed by atoms with Gasteiger partial charge < -0.3 is 10.7 Å². The molecule has 0 heterocycles. The van der Waals surface area contributed by atoms with E-state index in [-0.39, 0.29) is 11.6 Å². The fourth-order valence-corrected chi connectivity index (χ4v) is 0.818. The van der Waals surface area contributed by atoms with E-state index in [0.717, 1.165) is 6.42 Å².